The summed E-state index contributed by atoms with van der Waals surface area (Å²) in [6, 6.07) is 2.85. The largest absolute Gasteiger partial charge is 0.468 e. The van der Waals surface area contributed by atoms with E-state index in [1.54, 1.807) is 6.26 Å². The van der Waals surface area contributed by atoms with E-state index in [0.717, 1.165) is 24.1 Å². The second-order valence-corrected chi connectivity index (χ2v) is 5.76. The summed E-state index contributed by atoms with van der Waals surface area (Å²) in [5, 5.41) is 4.21. The van der Waals surface area contributed by atoms with Crippen molar-refractivity contribution in [3.63, 3.8) is 0 Å². The molecule has 1 unspecified atom stereocenters. The lowest BCUT2D eigenvalue weighted by atomic mass is 10.3. The van der Waals surface area contributed by atoms with Gasteiger partial charge in [0.2, 0.25) is 0 Å². The minimum Gasteiger partial charge on any atom is -0.468 e. The van der Waals surface area contributed by atoms with Crippen molar-refractivity contribution in [2.75, 3.05) is 6.54 Å². The molecular formula is C12H19NOS. The molecule has 3 heteroatoms. The SMILES string of the molecule is Cc1ccoc1CSC(C)CNC1CC1. The summed E-state index contributed by atoms with van der Waals surface area (Å²) in [6.45, 7) is 5.50. The van der Waals surface area contributed by atoms with E-state index in [9.17, 15) is 0 Å². The van der Waals surface area contributed by atoms with Crippen molar-refractivity contribution in [2.24, 2.45) is 0 Å². The molecule has 15 heavy (non-hydrogen) atoms. The summed E-state index contributed by atoms with van der Waals surface area (Å²) < 4.78 is 5.41. The van der Waals surface area contributed by atoms with Gasteiger partial charge in [-0.2, -0.15) is 0 Å². The highest BCUT2D eigenvalue weighted by molar-refractivity contribution is 7.99. The van der Waals surface area contributed by atoms with Crippen molar-refractivity contribution in [1.29, 1.82) is 0 Å². The van der Waals surface area contributed by atoms with E-state index in [0.29, 0.717) is 5.25 Å². The number of furan rings is 1. The van der Waals surface area contributed by atoms with Crippen LogP contribution in [-0.4, -0.2) is 17.8 Å². The fourth-order valence-electron chi connectivity index (χ4n) is 1.45. The monoisotopic (exact) mass is 225 g/mol. The van der Waals surface area contributed by atoms with E-state index < -0.39 is 0 Å². The molecule has 0 amide bonds. The van der Waals surface area contributed by atoms with Crippen LogP contribution in [0.2, 0.25) is 0 Å². The zero-order chi connectivity index (χ0) is 10.7. The standard InChI is InChI=1S/C12H19NOS/c1-9-5-6-14-12(9)8-15-10(2)7-13-11-3-4-11/h5-6,10-11,13H,3-4,7-8H2,1-2H3. The molecule has 1 heterocycles. The summed E-state index contributed by atoms with van der Waals surface area (Å²) in [5.41, 5.74) is 1.27. The minimum absolute atomic E-state index is 0.662. The van der Waals surface area contributed by atoms with Crippen LogP contribution in [0.3, 0.4) is 0 Å². The van der Waals surface area contributed by atoms with Crippen LogP contribution < -0.4 is 5.32 Å². The van der Waals surface area contributed by atoms with E-state index in [4.69, 9.17) is 4.42 Å². The molecule has 1 saturated carbocycles. The van der Waals surface area contributed by atoms with Crippen LogP contribution in [0, 0.1) is 6.92 Å². The maximum absolute atomic E-state index is 5.41. The molecule has 0 bridgehead atoms. The van der Waals surface area contributed by atoms with Gasteiger partial charge in [-0.05, 0) is 31.4 Å². The lowest BCUT2D eigenvalue weighted by Gasteiger charge is -2.11. The van der Waals surface area contributed by atoms with Crippen molar-refractivity contribution in [2.45, 2.75) is 43.7 Å². The van der Waals surface area contributed by atoms with Crippen LogP contribution in [-0.2, 0) is 5.75 Å². The van der Waals surface area contributed by atoms with E-state index >= 15 is 0 Å². The molecule has 1 fully saturated rings. The van der Waals surface area contributed by atoms with Gasteiger partial charge in [0.25, 0.3) is 0 Å². The zero-order valence-electron chi connectivity index (χ0n) is 9.45. The Morgan fingerprint density at radius 3 is 3.00 bits per heavy atom. The van der Waals surface area contributed by atoms with Gasteiger partial charge in [0.05, 0.1) is 12.0 Å². The fourth-order valence-corrected chi connectivity index (χ4v) is 2.39. The molecule has 0 aromatic carbocycles. The van der Waals surface area contributed by atoms with Gasteiger partial charge in [-0.15, -0.1) is 11.8 Å². The third-order valence-corrected chi connectivity index (χ3v) is 3.90. The summed E-state index contributed by atoms with van der Waals surface area (Å²) in [6.07, 6.45) is 4.52. The molecule has 1 N–H and O–H groups in total. The number of aryl methyl sites for hydroxylation is 1. The Bertz CT molecular complexity index is 306. The topological polar surface area (TPSA) is 25.2 Å². The lowest BCUT2D eigenvalue weighted by molar-refractivity contribution is 0.527. The first kappa shape index (κ1) is 11.1. The second-order valence-electron chi connectivity index (χ2n) is 4.33. The molecule has 1 atom stereocenters. The van der Waals surface area contributed by atoms with Gasteiger partial charge in [-0.25, -0.2) is 0 Å². The first-order valence-electron chi connectivity index (χ1n) is 5.63. The molecule has 2 nitrogen and oxygen atoms in total. The summed E-state index contributed by atoms with van der Waals surface area (Å²) in [4.78, 5) is 0. The summed E-state index contributed by atoms with van der Waals surface area (Å²) >= 11 is 1.96. The number of nitrogens with one attached hydrogen (secondary N) is 1. The molecule has 1 aliphatic carbocycles. The number of hydrogen-bond donors (Lipinski definition) is 1. The molecule has 2 rings (SSSR count). The first-order valence-corrected chi connectivity index (χ1v) is 6.68. The molecule has 0 saturated heterocycles. The highest BCUT2D eigenvalue weighted by Gasteiger charge is 2.20. The van der Waals surface area contributed by atoms with Crippen LogP contribution in [0.15, 0.2) is 16.7 Å². The van der Waals surface area contributed by atoms with Gasteiger partial charge in [-0.1, -0.05) is 6.92 Å². The zero-order valence-corrected chi connectivity index (χ0v) is 10.3. The van der Waals surface area contributed by atoms with Crippen LogP contribution in [0.25, 0.3) is 0 Å². The molecule has 1 aromatic heterocycles. The van der Waals surface area contributed by atoms with Gasteiger partial charge in [0.15, 0.2) is 0 Å². The fraction of sp³-hybridized carbons (Fsp3) is 0.667. The molecule has 0 radical (unpaired) electrons. The van der Waals surface area contributed by atoms with Gasteiger partial charge in [0, 0.05) is 17.8 Å². The smallest absolute Gasteiger partial charge is 0.116 e. The van der Waals surface area contributed by atoms with Crippen molar-refractivity contribution in [3.05, 3.63) is 23.7 Å². The molecule has 1 aliphatic rings. The van der Waals surface area contributed by atoms with E-state index in [2.05, 4.69) is 19.2 Å². The Labute approximate surface area is 95.8 Å². The molecule has 0 spiro atoms. The molecule has 0 aliphatic heterocycles. The average molecular weight is 225 g/mol. The van der Waals surface area contributed by atoms with Gasteiger partial charge >= 0.3 is 0 Å². The first-order chi connectivity index (χ1) is 7.25. The van der Waals surface area contributed by atoms with E-state index in [-0.39, 0.29) is 0 Å². The number of rotatable bonds is 6. The molecule has 84 valence electrons. The Morgan fingerprint density at radius 2 is 2.40 bits per heavy atom. The van der Waals surface area contributed by atoms with Crippen LogP contribution >= 0.6 is 11.8 Å². The van der Waals surface area contributed by atoms with E-state index in [1.807, 2.05) is 17.8 Å². The Balaban J connectivity index is 1.65. The quantitative estimate of drug-likeness (QED) is 0.806. The maximum Gasteiger partial charge on any atom is 0.116 e. The Kier molecular flexibility index (Phi) is 3.76. The summed E-state index contributed by atoms with van der Waals surface area (Å²) in [5.74, 6) is 2.12. The van der Waals surface area contributed by atoms with Gasteiger partial charge in [0.1, 0.15) is 5.76 Å². The minimum atomic E-state index is 0.662. The van der Waals surface area contributed by atoms with E-state index in [1.165, 1.54) is 18.4 Å². The second kappa shape index (κ2) is 5.08. The predicted molar refractivity (Wildman–Crippen MR) is 65.2 cm³/mol. The summed E-state index contributed by atoms with van der Waals surface area (Å²) in [7, 11) is 0. The maximum atomic E-state index is 5.41. The van der Waals surface area contributed by atoms with Crippen molar-refractivity contribution < 1.29 is 4.42 Å². The van der Waals surface area contributed by atoms with Crippen LogP contribution in [0.1, 0.15) is 31.1 Å². The third kappa shape index (κ3) is 3.58. The average Bonchev–Trinajstić information content (AvgIpc) is 2.96. The van der Waals surface area contributed by atoms with Crippen LogP contribution in [0.4, 0.5) is 0 Å². The van der Waals surface area contributed by atoms with Crippen LogP contribution in [0.5, 0.6) is 0 Å². The van der Waals surface area contributed by atoms with Crippen molar-refractivity contribution in [1.82, 2.24) is 5.32 Å². The van der Waals surface area contributed by atoms with Crippen molar-refractivity contribution in [3.8, 4) is 0 Å². The Morgan fingerprint density at radius 1 is 1.60 bits per heavy atom. The molecular weight excluding hydrogens is 206 g/mol. The molecule has 1 aromatic rings. The number of hydrogen-bond acceptors (Lipinski definition) is 3. The number of thioether (sulfide) groups is 1. The van der Waals surface area contributed by atoms with Gasteiger partial charge in [-0.3, -0.25) is 0 Å². The van der Waals surface area contributed by atoms with Crippen molar-refractivity contribution >= 4 is 11.8 Å². The third-order valence-electron chi connectivity index (χ3n) is 2.74. The lowest BCUT2D eigenvalue weighted by Crippen LogP contribution is -2.24. The predicted octanol–water partition coefficient (Wildman–Crippen LogP) is 2.96. The highest BCUT2D eigenvalue weighted by atomic mass is 32.2. The Hall–Kier alpha value is -0.410. The normalized spacial score (nSPS) is 18.0. The van der Waals surface area contributed by atoms with Gasteiger partial charge < -0.3 is 9.73 Å². The highest BCUT2D eigenvalue weighted by Crippen LogP contribution is 2.22.